The van der Waals surface area contributed by atoms with E-state index in [4.69, 9.17) is 20.9 Å². The zero-order valence-electron chi connectivity index (χ0n) is 33.3. The number of nitrogens with two attached hydrogens (primary N) is 2. The van der Waals surface area contributed by atoms with Gasteiger partial charge in [-0.1, -0.05) is 71.9 Å². The van der Waals surface area contributed by atoms with Gasteiger partial charge in [-0.05, 0) is 108 Å². The molecule has 0 spiro atoms. The Morgan fingerprint density at radius 1 is 0.648 bits per heavy atom. The van der Waals surface area contributed by atoms with Gasteiger partial charge >= 0.3 is 0 Å². The summed E-state index contributed by atoms with van der Waals surface area (Å²) in [6, 6.07) is 9.26. The molecule has 2 amide bonds. The standard InChI is InChI=1S/2C20H29N3O2.2CH3I/c2*1-13-8-17(9-13)23-11-15-4-3-5-16(12-23)20(15,25-2)14-6-7-22-18(10-14)19(21)24;2*1-2/h2*6-7,10,13,15-17H,3-5,8-9,11-12H2,1-2H3,(H2,21,24);2*1H3. The first-order chi connectivity index (χ1) is 26.1. The number of likely N-dealkylation sites (tertiary alicyclic amines) is 2. The second-order valence-corrected chi connectivity index (χ2v) is 16.6. The summed E-state index contributed by atoms with van der Waals surface area (Å²) in [6.45, 7) is 9.07. The van der Waals surface area contributed by atoms with Crippen LogP contribution in [0, 0.1) is 35.5 Å². The van der Waals surface area contributed by atoms with Crippen molar-refractivity contribution in [3.8, 4) is 0 Å². The van der Waals surface area contributed by atoms with Gasteiger partial charge in [0.05, 0.1) is 0 Å². The third-order valence-corrected chi connectivity index (χ3v) is 13.8. The van der Waals surface area contributed by atoms with Gasteiger partial charge in [0.1, 0.15) is 22.6 Å². The summed E-state index contributed by atoms with van der Waals surface area (Å²) in [5.74, 6) is 2.65. The number of alkyl halides is 2. The van der Waals surface area contributed by atoms with Gasteiger partial charge in [0.2, 0.25) is 0 Å². The van der Waals surface area contributed by atoms with Crippen LogP contribution in [0.25, 0.3) is 0 Å². The first-order valence-electron chi connectivity index (χ1n) is 20.0. The molecule has 10 nitrogen and oxygen atoms in total. The van der Waals surface area contributed by atoms with Crippen molar-refractivity contribution in [1.29, 1.82) is 0 Å². The molecule has 4 bridgehead atoms. The topological polar surface area (TPSA) is 137 Å². The number of fused-ring (bicyclic) bond motifs is 4. The lowest BCUT2D eigenvalue weighted by atomic mass is 9.61. The molecule has 4 unspecified atom stereocenters. The zero-order chi connectivity index (χ0) is 39.2. The first-order valence-corrected chi connectivity index (χ1v) is 24.3. The predicted molar refractivity (Wildman–Crippen MR) is 232 cm³/mol. The van der Waals surface area contributed by atoms with E-state index in [9.17, 15) is 9.59 Å². The van der Waals surface area contributed by atoms with Crippen molar-refractivity contribution in [2.75, 3.05) is 50.3 Å². The van der Waals surface area contributed by atoms with Crippen LogP contribution < -0.4 is 11.5 Å². The highest BCUT2D eigenvalue weighted by atomic mass is 127. The Hall–Kier alpha value is -1.46. The van der Waals surface area contributed by atoms with E-state index >= 15 is 0 Å². The fraction of sp³-hybridized carbons (Fsp3) is 0.714. The van der Waals surface area contributed by atoms with Gasteiger partial charge in [-0.15, -0.1) is 0 Å². The fourth-order valence-corrected chi connectivity index (χ4v) is 11.3. The van der Waals surface area contributed by atoms with Crippen LogP contribution in [0.4, 0.5) is 0 Å². The van der Waals surface area contributed by atoms with Crippen molar-refractivity contribution in [3.05, 3.63) is 59.2 Å². The van der Waals surface area contributed by atoms with Crippen molar-refractivity contribution in [2.45, 2.75) is 101 Å². The van der Waals surface area contributed by atoms with Crippen LogP contribution in [0.1, 0.15) is 110 Å². The van der Waals surface area contributed by atoms with E-state index in [1.54, 1.807) is 12.4 Å². The Balaban J connectivity index is 0.000000190. The number of nitrogens with zero attached hydrogens (tertiary/aromatic N) is 4. The van der Waals surface area contributed by atoms with Gasteiger partial charge in [-0.25, -0.2) is 0 Å². The number of carbonyl (C=O) groups excluding carboxylic acids is 2. The van der Waals surface area contributed by atoms with Crippen molar-refractivity contribution >= 4 is 57.0 Å². The van der Waals surface area contributed by atoms with Gasteiger partial charge in [0.15, 0.2) is 0 Å². The van der Waals surface area contributed by atoms with E-state index in [0.29, 0.717) is 35.1 Å². The Bertz CT molecular complexity index is 1410. The van der Waals surface area contributed by atoms with Crippen LogP contribution in [0.5, 0.6) is 0 Å². The number of piperidine rings is 2. The number of halogens is 2. The summed E-state index contributed by atoms with van der Waals surface area (Å²) in [5.41, 5.74) is 13.1. The normalized spacial score (nSPS) is 35.6. The van der Waals surface area contributed by atoms with Crippen LogP contribution in [0.3, 0.4) is 0 Å². The SMILES string of the molecule is CI.CI.COC1(c2ccnc(C(N)=O)c2)C2CCCC1CN(C1CC(C)C1)C2.COC1(c2ccnc(C(N)=O)c2)C2CCCC1CN(C1CC(C)C1)C2. The third kappa shape index (κ3) is 8.54. The zero-order valence-corrected chi connectivity index (χ0v) is 37.6. The lowest BCUT2D eigenvalue weighted by Gasteiger charge is -2.58. The summed E-state index contributed by atoms with van der Waals surface area (Å²) < 4.78 is 12.5. The molecule has 12 heteroatoms. The maximum atomic E-state index is 11.6. The first kappa shape index (κ1) is 43.7. The van der Waals surface area contributed by atoms with Gasteiger partial charge in [-0.3, -0.25) is 29.4 Å². The molecule has 0 radical (unpaired) electrons. The summed E-state index contributed by atoms with van der Waals surface area (Å²) in [6.07, 6.45) is 16.0. The van der Waals surface area contributed by atoms with E-state index in [2.05, 4.69) is 78.8 Å². The molecular formula is C42H64I2N6O4. The number of rotatable bonds is 8. The highest BCUT2D eigenvalue weighted by Gasteiger charge is 2.56. The molecule has 6 fully saturated rings. The minimum atomic E-state index is -0.473. The molecule has 2 aliphatic heterocycles. The van der Waals surface area contributed by atoms with Crippen molar-refractivity contribution in [2.24, 2.45) is 47.0 Å². The van der Waals surface area contributed by atoms with Crippen LogP contribution in [0.2, 0.25) is 0 Å². The number of amides is 2. The number of methoxy groups -OCH3 is 2. The molecule has 4 aliphatic carbocycles. The molecule has 6 aliphatic rings. The maximum Gasteiger partial charge on any atom is 0.267 e. The van der Waals surface area contributed by atoms with Crippen LogP contribution in [-0.2, 0) is 20.7 Å². The second-order valence-electron chi connectivity index (χ2n) is 16.6. The molecule has 2 aromatic heterocycles. The molecule has 4 saturated carbocycles. The van der Waals surface area contributed by atoms with E-state index in [0.717, 1.165) is 61.2 Å². The van der Waals surface area contributed by atoms with E-state index < -0.39 is 11.8 Å². The smallest absolute Gasteiger partial charge is 0.267 e. The largest absolute Gasteiger partial charge is 0.373 e. The van der Waals surface area contributed by atoms with E-state index in [1.165, 1.54) is 64.2 Å². The number of ether oxygens (including phenoxy) is 2. The van der Waals surface area contributed by atoms with Crippen molar-refractivity contribution in [3.63, 3.8) is 0 Å². The van der Waals surface area contributed by atoms with Gasteiger partial charge < -0.3 is 20.9 Å². The lowest BCUT2D eigenvalue weighted by molar-refractivity contribution is -0.179. The van der Waals surface area contributed by atoms with Crippen LogP contribution in [-0.4, -0.2) is 93.9 Å². The van der Waals surface area contributed by atoms with Gasteiger partial charge in [0, 0.05) is 88.5 Å². The monoisotopic (exact) mass is 970 g/mol. The Kier molecular flexibility index (Phi) is 15.6. The third-order valence-electron chi connectivity index (χ3n) is 13.8. The molecule has 4 heterocycles. The fourth-order valence-electron chi connectivity index (χ4n) is 11.3. The Labute approximate surface area is 351 Å². The number of hydrogen-bond acceptors (Lipinski definition) is 8. The van der Waals surface area contributed by atoms with Crippen molar-refractivity contribution < 1.29 is 19.1 Å². The highest BCUT2D eigenvalue weighted by Crippen LogP contribution is 2.54. The lowest BCUT2D eigenvalue weighted by Crippen LogP contribution is -2.62. The Morgan fingerprint density at radius 2 is 0.963 bits per heavy atom. The molecular weight excluding hydrogens is 906 g/mol. The molecule has 4 N–H and O–H groups in total. The molecule has 0 aromatic carbocycles. The molecule has 54 heavy (non-hydrogen) atoms. The number of primary amides is 2. The molecule has 2 aromatic rings. The van der Waals surface area contributed by atoms with E-state index in [1.807, 2.05) is 48.3 Å². The minimum Gasteiger partial charge on any atom is -0.373 e. The predicted octanol–water partition coefficient (Wildman–Crippen LogP) is 7.21. The van der Waals surface area contributed by atoms with Crippen LogP contribution in [0.15, 0.2) is 36.7 Å². The second kappa shape index (κ2) is 19.3. The Morgan fingerprint density at radius 3 is 1.22 bits per heavy atom. The molecule has 4 atom stereocenters. The average molecular weight is 971 g/mol. The summed E-state index contributed by atoms with van der Waals surface area (Å²) in [4.78, 5) is 40.8. The minimum absolute atomic E-state index is 0.308. The van der Waals surface area contributed by atoms with Crippen LogP contribution >= 0.6 is 45.2 Å². The molecule has 300 valence electrons. The average Bonchev–Trinajstić information content (AvgIpc) is 3.16. The van der Waals surface area contributed by atoms with Gasteiger partial charge in [-0.2, -0.15) is 0 Å². The molecule has 8 rings (SSSR count). The number of carbonyl (C=O) groups is 2. The quantitative estimate of drug-likeness (QED) is 0.210. The summed E-state index contributed by atoms with van der Waals surface area (Å²) in [7, 11) is 3.66. The highest BCUT2D eigenvalue weighted by molar-refractivity contribution is 14.1. The number of aromatic nitrogens is 2. The molecule has 2 saturated heterocycles. The summed E-state index contributed by atoms with van der Waals surface area (Å²) in [5, 5.41) is 0. The van der Waals surface area contributed by atoms with E-state index in [-0.39, 0.29) is 11.2 Å². The number of pyridine rings is 2. The van der Waals surface area contributed by atoms with Gasteiger partial charge in [0.25, 0.3) is 11.8 Å². The summed E-state index contributed by atoms with van der Waals surface area (Å²) >= 11 is 4.30. The maximum absolute atomic E-state index is 11.6. The number of hydrogen-bond donors (Lipinski definition) is 2. The van der Waals surface area contributed by atoms with Crippen molar-refractivity contribution in [1.82, 2.24) is 19.8 Å².